The van der Waals surface area contributed by atoms with Gasteiger partial charge in [-0.3, -0.25) is 4.79 Å². The van der Waals surface area contributed by atoms with Gasteiger partial charge in [0, 0.05) is 23.6 Å². The molecule has 1 N–H and O–H groups in total. The van der Waals surface area contributed by atoms with Gasteiger partial charge in [0.1, 0.15) is 17.8 Å². The van der Waals surface area contributed by atoms with E-state index in [4.69, 9.17) is 4.74 Å². The third-order valence-corrected chi connectivity index (χ3v) is 5.28. The SMILES string of the molecule is CCOc1ccc(NC(=O)Cn2nc3c4cc(-c5ccc(C)cc5)nn4ccn3c2=O)cc1. The van der Waals surface area contributed by atoms with Gasteiger partial charge >= 0.3 is 5.69 Å². The lowest BCUT2D eigenvalue weighted by Crippen LogP contribution is -2.28. The van der Waals surface area contributed by atoms with Crippen LogP contribution in [0.2, 0.25) is 0 Å². The normalized spacial score (nSPS) is 11.2. The summed E-state index contributed by atoms with van der Waals surface area (Å²) in [5.41, 5.74) is 4.24. The number of carbonyl (C=O) groups excluding carboxylic acids is 1. The van der Waals surface area contributed by atoms with Crippen LogP contribution in [0, 0.1) is 6.92 Å². The molecule has 2 aromatic carbocycles. The second-order valence-corrected chi connectivity index (χ2v) is 7.66. The third kappa shape index (κ3) is 3.96. The van der Waals surface area contributed by atoms with Crippen LogP contribution in [-0.2, 0) is 11.3 Å². The average molecular weight is 442 g/mol. The first-order valence-corrected chi connectivity index (χ1v) is 10.6. The molecular weight excluding hydrogens is 420 g/mol. The van der Waals surface area contributed by atoms with Gasteiger partial charge in [0.2, 0.25) is 5.91 Å². The minimum Gasteiger partial charge on any atom is -0.494 e. The zero-order chi connectivity index (χ0) is 22.9. The molecule has 0 aliphatic carbocycles. The van der Waals surface area contributed by atoms with Crippen LogP contribution in [0.15, 0.2) is 71.8 Å². The van der Waals surface area contributed by atoms with Gasteiger partial charge in [-0.15, -0.1) is 5.10 Å². The van der Waals surface area contributed by atoms with Crippen molar-refractivity contribution in [2.75, 3.05) is 11.9 Å². The molecule has 33 heavy (non-hydrogen) atoms. The molecule has 5 rings (SSSR count). The fourth-order valence-electron chi connectivity index (χ4n) is 3.64. The largest absolute Gasteiger partial charge is 0.494 e. The number of nitrogens with one attached hydrogen (secondary N) is 1. The van der Waals surface area contributed by atoms with Gasteiger partial charge in [0.15, 0.2) is 5.65 Å². The van der Waals surface area contributed by atoms with Crippen molar-refractivity contribution in [3.63, 3.8) is 0 Å². The molecule has 0 saturated carbocycles. The molecule has 0 spiro atoms. The lowest BCUT2D eigenvalue weighted by atomic mass is 10.1. The number of fused-ring (bicyclic) bond motifs is 3. The Morgan fingerprint density at radius 2 is 1.79 bits per heavy atom. The number of benzene rings is 2. The number of carbonyl (C=O) groups is 1. The maximum absolute atomic E-state index is 12.8. The van der Waals surface area contributed by atoms with Crippen molar-refractivity contribution in [2.45, 2.75) is 20.4 Å². The number of nitrogens with zero attached hydrogens (tertiary/aromatic N) is 5. The highest BCUT2D eigenvalue weighted by molar-refractivity contribution is 5.90. The number of hydrogen-bond donors (Lipinski definition) is 1. The molecule has 166 valence electrons. The topological polar surface area (TPSA) is 94.9 Å². The van der Waals surface area contributed by atoms with Crippen LogP contribution in [0.3, 0.4) is 0 Å². The van der Waals surface area contributed by atoms with E-state index in [9.17, 15) is 9.59 Å². The minimum absolute atomic E-state index is 0.209. The maximum Gasteiger partial charge on any atom is 0.350 e. The molecule has 5 aromatic rings. The molecule has 0 fully saturated rings. The van der Waals surface area contributed by atoms with E-state index >= 15 is 0 Å². The molecule has 3 aromatic heterocycles. The van der Waals surface area contributed by atoms with Gasteiger partial charge < -0.3 is 10.1 Å². The fraction of sp³-hybridized carbons (Fsp3) is 0.167. The van der Waals surface area contributed by atoms with Crippen LogP contribution in [-0.4, -0.2) is 36.3 Å². The molecule has 3 heterocycles. The first-order valence-electron chi connectivity index (χ1n) is 10.6. The van der Waals surface area contributed by atoms with E-state index in [-0.39, 0.29) is 12.5 Å². The van der Waals surface area contributed by atoms with Crippen LogP contribution in [0.5, 0.6) is 5.75 Å². The smallest absolute Gasteiger partial charge is 0.350 e. The number of anilines is 1. The second-order valence-electron chi connectivity index (χ2n) is 7.66. The van der Waals surface area contributed by atoms with E-state index in [0.29, 0.717) is 23.5 Å². The Bertz CT molecular complexity index is 1510. The molecule has 0 radical (unpaired) electrons. The highest BCUT2D eigenvalue weighted by atomic mass is 16.5. The maximum atomic E-state index is 12.8. The summed E-state index contributed by atoms with van der Waals surface area (Å²) in [4.78, 5) is 25.4. The molecule has 0 bridgehead atoms. The summed E-state index contributed by atoms with van der Waals surface area (Å²) in [5, 5.41) is 11.8. The lowest BCUT2D eigenvalue weighted by molar-refractivity contribution is -0.117. The number of amides is 1. The molecular formula is C24H22N6O3. The predicted octanol–water partition coefficient (Wildman–Crippen LogP) is 3.16. The molecule has 9 nitrogen and oxygen atoms in total. The third-order valence-electron chi connectivity index (χ3n) is 5.28. The molecule has 9 heteroatoms. The molecule has 0 saturated heterocycles. The molecule has 0 unspecified atom stereocenters. The van der Waals surface area contributed by atoms with Crippen LogP contribution in [0.25, 0.3) is 22.4 Å². The molecule has 0 aliphatic heterocycles. The van der Waals surface area contributed by atoms with Gasteiger partial charge in [-0.1, -0.05) is 29.8 Å². The van der Waals surface area contributed by atoms with Crippen LogP contribution < -0.4 is 15.7 Å². The number of aromatic nitrogens is 5. The Kier molecular flexibility index (Phi) is 5.14. The summed E-state index contributed by atoms with van der Waals surface area (Å²) >= 11 is 0. The van der Waals surface area contributed by atoms with Crippen molar-refractivity contribution < 1.29 is 9.53 Å². The van der Waals surface area contributed by atoms with Crippen molar-refractivity contribution in [1.82, 2.24) is 23.8 Å². The quantitative estimate of drug-likeness (QED) is 0.436. The van der Waals surface area contributed by atoms with Gasteiger partial charge in [0.05, 0.1) is 12.3 Å². The second kappa shape index (κ2) is 8.27. The van der Waals surface area contributed by atoms with Gasteiger partial charge in [-0.2, -0.15) is 5.10 Å². The zero-order valence-electron chi connectivity index (χ0n) is 18.2. The number of aryl methyl sites for hydroxylation is 1. The average Bonchev–Trinajstić information content (AvgIpc) is 3.37. The Morgan fingerprint density at radius 1 is 1.03 bits per heavy atom. The van der Waals surface area contributed by atoms with Gasteiger partial charge in [0.25, 0.3) is 0 Å². The monoisotopic (exact) mass is 442 g/mol. The Hall–Kier alpha value is -4.40. The van der Waals surface area contributed by atoms with Crippen molar-refractivity contribution in [2.24, 2.45) is 0 Å². The van der Waals surface area contributed by atoms with Crippen molar-refractivity contribution >= 4 is 22.8 Å². The zero-order valence-corrected chi connectivity index (χ0v) is 18.2. The number of ether oxygens (including phenoxy) is 1. The summed E-state index contributed by atoms with van der Waals surface area (Å²) in [6, 6.07) is 17.0. The molecule has 0 atom stereocenters. The van der Waals surface area contributed by atoms with Gasteiger partial charge in [-0.05, 0) is 44.2 Å². The minimum atomic E-state index is -0.396. The summed E-state index contributed by atoms with van der Waals surface area (Å²) in [5.74, 6) is 0.372. The first-order chi connectivity index (χ1) is 16.0. The van der Waals surface area contributed by atoms with Crippen molar-refractivity contribution in [3.8, 4) is 17.0 Å². The van der Waals surface area contributed by atoms with E-state index in [1.165, 1.54) is 9.96 Å². The van der Waals surface area contributed by atoms with E-state index in [1.54, 1.807) is 41.2 Å². The van der Waals surface area contributed by atoms with Gasteiger partial charge in [-0.25, -0.2) is 18.4 Å². The molecule has 1 amide bonds. The van der Waals surface area contributed by atoms with Crippen LogP contribution >= 0.6 is 0 Å². The summed E-state index contributed by atoms with van der Waals surface area (Å²) in [7, 11) is 0. The summed E-state index contributed by atoms with van der Waals surface area (Å²) in [6.07, 6.45) is 3.30. The molecule has 0 aliphatic rings. The standard InChI is InChI=1S/C24H22N6O3/c1-3-33-19-10-8-18(9-11-19)25-22(31)15-30-24(32)28-12-13-29-21(23(28)27-30)14-20(26-29)17-6-4-16(2)5-7-17/h4-14H,3,15H2,1-2H3,(H,25,31). The van der Waals surface area contributed by atoms with E-state index in [1.807, 2.05) is 44.2 Å². The summed E-state index contributed by atoms with van der Waals surface area (Å²) < 4.78 is 9.65. The summed E-state index contributed by atoms with van der Waals surface area (Å²) in [6.45, 7) is 4.30. The number of hydrogen-bond acceptors (Lipinski definition) is 5. The number of rotatable bonds is 6. The Morgan fingerprint density at radius 3 is 2.52 bits per heavy atom. The Labute approximate surface area is 188 Å². The highest BCUT2D eigenvalue weighted by Crippen LogP contribution is 2.22. The first kappa shape index (κ1) is 20.5. The van der Waals surface area contributed by atoms with E-state index in [2.05, 4.69) is 15.5 Å². The Balaban J connectivity index is 1.42. The fourth-order valence-corrected chi connectivity index (χ4v) is 3.64. The lowest BCUT2D eigenvalue weighted by Gasteiger charge is -2.06. The van der Waals surface area contributed by atoms with E-state index in [0.717, 1.165) is 21.7 Å². The van der Waals surface area contributed by atoms with Crippen molar-refractivity contribution in [3.05, 3.63) is 83.0 Å². The van der Waals surface area contributed by atoms with Crippen molar-refractivity contribution in [1.29, 1.82) is 0 Å². The van der Waals surface area contributed by atoms with Crippen LogP contribution in [0.1, 0.15) is 12.5 Å². The van der Waals surface area contributed by atoms with E-state index < -0.39 is 5.69 Å². The predicted molar refractivity (Wildman–Crippen MR) is 125 cm³/mol. The highest BCUT2D eigenvalue weighted by Gasteiger charge is 2.15. The van der Waals surface area contributed by atoms with Crippen LogP contribution in [0.4, 0.5) is 5.69 Å².